The summed E-state index contributed by atoms with van der Waals surface area (Å²) in [6.07, 6.45) is 3.86. The molecule has 130 valence electrons. The molecule has 6 heteroatoms. The number of hydrogen-bond donors (Lipinski definition) is 3. The van der Waals surface area contributed by atoms with Crippen LogP contribution in [0.3, 0.4) is 0 Å². The maximum Gasteiger partial charge on any atom is 0.315 e. The van der Waals surface area contributed by atoms with Crippen molar-refractivity contribution in [1.82, 2.24) is 15.5 Å². The number of carbonyl (C=O) groups excluding carboxylic acids is 1. The van der Waals surface area contributed by atoms with Gasteiger partial charge in [-0.25, -0.2) is 4.79 Å². The van der Waals surface area contributed by atoms with Crippen LogP contribution in [-0.4, -0.2) is 48.3 Å². The van der Waals surface area contributed by atoms with Crippen LogP contribution in [-0.2, 0) is 0 Å². The summed E-state index contributed by atoms with van der Waals surface area (Å²) >= 11 is 0. The molecule has 2 atom stereocenters. The largest absolute Gasteiger partial charge is 0.465 e. The van der Waals surface area contributed by atoms with Gasteiger partial charge >= 0.3 is 6.03 Å². The molecule has 3 N–H and O–H groups in total. The minimum atomic E-state index is -0.164. The van der Waals surface area contributed by atoms with E-state index in [0.717, 1.165) is 31.0 Å². The third kappa shape index (κ3) is 5.55. The fourth-order valence-electron chi connectivity index (χ4n) is 3.03. The Bertz CT molecular complexity index is 483. The highest BCUT2D eigenvalue weighted by molar-refractivity contribution is 5.74. The molecule has 0 radical (unpaired) electrons. The number of aliphatic hydroxyl groups is 1. The summed E-state index contributed by atoms with van der Waals surface area (Å²) in [7, 11) is 0. The molecular formula is C17H29N3O3. The summed E-state index contributed by atoms with van der Waals surface area (Å²) in [6.45, 7) is 6.66. The van der Waals surface area contributed by atoms with Gasteiger partial charge in [-0.05, 0) is 64.8 Å². The topological polar surface area (TPSA) is 77.7 Å². The van der Waals surface area contributed by atoms with Gasteiger partial charge in [-0.2, -0.15) is 0 Å². The third-order valence-electron chi connectivity index (χ3n) is 4.30. The molecule has 1 aromatic heterocycles. The number of amides is 2. The standard InChI is InChI=1S/C17H29N3O3/c1-13(6-5-11-21)19-17(22)18-12-15(20-9-3-4-10-20)16-8-7-14(2)23-16/h7-8,13,15,21H,3-6,9-12H2,1-2H3,(H2,18,19,22). The van der Waals surface area contributed by atoms with Crippen molar-refractivity contribution in [3.05, 3.63) is 23.7 Å². The van der Waals surface area contributed by atoms with Crippen LogP contribution in [0, 0.1) is 6.92 Å². The van der Waals surface area contributed by atoms with Crippen molar-refractivity contribution in [3.63, 3.8) is 0 Å². The van der Waals surface area contributed by atoms with Gasteiger partial charge in [0.15, 0.2) is 0 Å². The van der Waals surface area contributed by atoms with Crippen LogP contribution < -0.4 is 10.6 Å². The first kappa shape index (κ1) is 17.8. The molecule has 1 saturated heterocycles. The Morgan fingerprint density at radius 2 is 2.13 bits per heavy atom. The molecule has 1 aromatic rings. The zero-order chi connectivity index (χ0) is 16.7. The zero-order valence-electron chi connectivity index (χ0n) is 14.2. The van der Waals surface area contributed by atoms with Crippen molar-refractivity contribution >= 4 is 6.03 Å². The summed E-state index contributed by atoms with van der Waals surface area (Å²) in [4.78, 5) is 14.4. The van der Waals surface area contributed by atoms with E-state index in [4.69, 9.17) is 9.52 Å². The molecule has 23 heavy (non-hydrogen) atoms. The van der Waals surface area contributed by atoms with Crippen molar-refractivity contribution in [2.45, 2.75) is 51.6 Å². The zero-order valence-corrected chi connectivity index (χ0v) is 14.2. The predicted molar refractivity (Wildman–Crippen MR) is 89.3 cm³/mol. The van der Waals surface area contributed by atoms with E-state index in [1.807, 2.05) is 26.0 Å². The van der Waals surface area contributed by atoms with Gasteiger partial charge in [0.1, 0.15) is 11.5 Å². The fraction of sp³-hybridized carbons (Fsp3) is 0.706. The molecule has 0 saturated carbocycles. The van der Waals surface area contributed by atoms with Crippen LogP contribution in [0.25, 0.3) is 0 Å². The Kier molecular flexibility index (Phi) is 6.92. The Hall–Kier alpha value is -1.53. The number of aliphatic hydroxyl groups excluding tert-OH is 1. The quantitative estimate of drug-likeness (QED) is 0.685. The molecule has 1 aliphatic rings. The normalized spacial score (nSPS) is 17.9. The Labute approximate surface area is 138 Å². The lowest BCUT2D eigenvalue weighted by Crippen LogP contribution is -2.44. The number of nitrogens with one attached hydrogen (secondary N) is 2. The van der Waals surface area contributed by atoms with Crippen LogP contribution in [0.5, 0.6) is 0 Å². The Balaban J connectivity index is 1.86. The molecule has 0 spiro atoms. The third-order valence-corrected chi connectivity index (χ3v) is 4.30. The van der Waals surface area contributed by atoms with Crippen molar-refractivity contribution in [2.75, 3.05) is 26.2 Å². The van der Waals surface area contributed by atoms with Crippen molar-refractivity contribution in [3.8, 4) is 0 Å². The summed E-state index contributed by atoms with van der Waals surface area (Å²) in [5, 5.41) is 14.7. The van der Waals surface area contributed by atoms with E-state index >= 15 is 0 Å². The van der Waals surface area contributed by atoms with Gasteiger partial charge in [0.2, 0.25) is 0 Å². The highest BCUT2D eigenvalue weighted by Crippen LogP contribution is 2.26. The average molecular weight is 323 g/mol. The van der Waals surface area contributed by atoms with Gasteiger partial charge in [-0.1, -0.05) is 0 Å². The average Bonchev–Trinajstić information content (AvgIpc) is 3.18. The summed E-state index contributed by atoms with van der Waals surface area (Å²) in [6, 6.07) is 3.95. The molecule has 1 aliphatic heterocycles. The maximum absolute atomic E-state index is 12.0. The predicted octanol–water partition coefficient (Wildman–Crippen LogP) is 2.19. The minimum Gasteiger partial charge on any atom is -0.465 e. The fourth-order valence-corrected chi connectivity index (χ4v) is 3.03. The number of aryl methyl sites for hydroxylation is 1. The van der Waals surface area contributed by atoms with Crippen LogP contribution in [0.1, 0.15) is 50.2 Å². The first-order valence-electron chi connectivity index (χ1n) is 8.55. The molecule has 2 rings (SSSR count). The minimum absolute atomic E-state index is 0.0539. The molecule has 6 nitrogen and oxygen atoms in total. The lowest BCUT2D eigenvalue weighted by atomic mass is 10.2. The van der Waals surface area contributed by atoms with Gasteiger partial charge in [0, 0.05) is 19.2 Å². The molecule has 2 unspecified atom stereocenters. The van der Waals surface area contributed by atoms with E-state index in [2.05, 4.69) is 15.5 Å². The van der Waals surface area contributed by atoms with Crippen LogP contribution >= 0.6 is 0 Å². The molecule has 0 aromatic carbocycles. The number of furan rings is 1. The Morgan fingerprint density at radius 3 is 2.74 bits per heavy atom. The number of urea groups is 1. The SMILES string of the molecule is Cc1ccc(C(CNC(=O)NC(C)CCCO)N2CCCC2)o1. The van der Waals surface area contributed by atoms with E-state index < -0.39 is 0 Å². The number of carbonyl (C=O) groups is 1. The van der Waals surface area contributed by atoms with E-state index in [0.29, 0.717) is 13.0 Å². The number of nitrogens with zero attached hydrogens (tertiary/aromatic N) is 1. The van der Waals surface area contributed by atoms with Gasteiger partial charge in [0.05, 0.1) is 6.04 Å². The van der Waals surface area contributed by atoms with Gasteiger partial charge in [-0.3, -0.25) is 4.90 Å². The number of likely N-dealkylation sites (tertiary alicyclic amines) is 1. The molecule has 2 heterocycles. The van der Waals surface area contributed by atoms with E-state index in [1.54, 1.807) is 0 Å². The summed E-state index contributed by atoms with van der Waals surface area (Å²) in [5.74, 6) is 1.81. The highest BCUT2D eigenvalue weighted by Gasteiger charge is 2.26. The Morgan fingerprint density at radius 1 is 1.39 bits per heavy atom. The molecule has 2 amide bonds. The molecule has 0 aliphatic carbocycles. The first-order valence-corrected chi connectivity index (χ1v) is 8.55. The van der Waals surface area contributed by atoms with E-state index in [1.165, 1.54) is 12.8 Å². The lowest BCUT2D eigenvalue weighted by Gasteiger charge is -2.26. The number of rotatable bonds is 8. The molecular weight excluding hydrogens is 294 g/mol. The van der Waals surface area contributed by atoms with Crippen LogP contribution in [0.15, 0.2) is 16.5 Å². The monoisotopic (exact) mass is 323 g/mol. The van der Waals surface area contributed by atoms with Gasteiger partial charge in [0.25, 0.3) is 0 Å². The number of hydrogen-bond acceptors (Lipinski definition) is 4. The van der Waals surface area contributed by atoms with Gasteiger partial charge < -0.3 is 20.2 Å². The second-order valence-corrected chi connectivity index (χ2v) is 6.33. The first-order chi connectivity index (χ1) is 11.1. The second kappa shape index (κ2) is 8.93. The van der Waals surface area contributed by atoms with Crippen LogP contribution in [0.4, 0.5) is 4.79 Å². The van der Waals surface area contributed by atoms with Gasteiger partial charge in [-0.15, -0.1) is 0 Å². The maximum atomic E-state index is 12.0. The lowest BCUT2D eigenvalue weighted by molar-refractivity contribution is 0.200. The molecule has 0 bridgehead atoms. The van der Waals surface area contributed by atoms with Crippen molar-refractivity contribution < 1.29 is 14.3 Å². The van der Waals surface area contributed by atoms with E-state index in [-0.39, 0.29) is 24.7 Å². The van der Waals surface area contributed by atoms with Crippen molar-refractivity contribution in [2.24, 2.45) is 0 Å². The highest BCUT2D eigenvalue weighted by atomic mass is 16.3. The van der Waals surface area contributed by atoms with Crippen molar-refractivity contribution in [1.29, 1.82) is 0 Å². The second-order valence-electron chi connectivity index (χ2n) is 6.33. The van der Waals surface area contributed by atoms with Crippen LogP contribution in [0.2, 0.25) is 0 Å². The summed E-state index contributed by atoms with van der Waals surface area (Å²) < 4.78 is 5.78. The molecule has 1 fully saturated rings. The smallest absolute Gasteiger partial charge is 0.315 e. The van der Waals surface area contributed by atoms with E-state index in [9.17, 15) is 4.79 Å². The summed E-state index contributed by atoms with van der Waals surface area (Å²) in [5.41, 5.74) is 0.